The maximum Gasteiger partial charge on any atom is 0.312 e. The van der Waals surface area contributed by atoms with Crippen LogP contribution in [0.3, 0.4) is 0 Å². The van der Waals surface area contributed by atoms with E-state index < -0.39 is 35.0 Å². The Morgan fingerprint density at radius 2 is 1.88 bits per heavy atom. The Balaban J connectivity index is 1.51. The molecule has 3 aliphatic rings. The average molecular weight is 575 g/mol. The lowest BCUT2D eigenvalue weighted by atomic mass is 9.66. The number of nitrogens with zero attached hydrogens (tertiary/aromatic N) is 2. The zero-order chi connectivity index (χ0) is 29.9. The van der Waals surface area contributed by atoms with Crippen molar-refractivity contribution in [2.45, 2.75) is 69.1 Å². The number of carbonyl (C=O) groups is 3. The van der Waals surface area contributed by atoms with Crippen molar-refractivity contribution >= 4 is 34.2 Å². The number of unbranched alkanes of at least 4 members (excludes halogenated alkanes) is 3. The van der Waals surface area contributed by atoms with Crippen LogP contribution in [0.4, 0.5) is 5.69 Å². The predicted molar refractivity (Wildman–Crippen MR) is 162 cm³/mol. The van der Waals surface area contributed by atoms with Crippen LogP contribution in [0.5, 0.6) is 0 Å². The van der Waals surface area contributed by atoms with Crippen LogP contribution in [0.15, 0.2) is 67.8 Å². The molecule has 0 saturated carbocycles. The lowest BCUT2D eigenvalue weighted by Gasteiger charge is -2.37. The number of hydrogen-bond donors (Lipinski definition) is 1. The molecule has 3 saturated heterocycles. The summed E-state index contributed by atoms with van der Waals surface area (Å²) in [5, 5.41) is 11.4. The maximum absolute atomic E-state index is 14.7. The molecule has 224 valence electrons. The normalized spacial score (nSPS) is 27.7. The highest BCUT2D eigenvalue weighted by atomic mass is 16.6. The summed E-state index contributed by atoms with van der Waals surface area (Å²) >= 11 is 0. The number of likely N-dealkylation sites (tertiary alicyclic amines) is 1. The standard InChI is InChI=1S/C34H42N2O6/c1-4-6-12-22-41-32(40)28-27-30(38)36(20-10-7-11-21-37)29(34(27)18-17-33(28,3)42-34)31(39)35(19-5-2)26-16-15-24-13-8-9-14-25(24)23-26/h4-5,8-9,13-16,23,27-29,37H,1-2,6-7,10-12,17-22H2,3H3/t27-,28-,29?,33+,34?/m0/s1. The molecule has 1 spiro atoms. The SMILES string of the molecule is C=CCCCOC(=O)[C@@H]1[C@H]2C(=O)N(CCCCCO)C(C(=O)N(CC=C)c3ccc4ccccc4c3)C23CC[C@@]1(C)O3. The fourth-order valence-corrected chi connectivity index (χ4v) is 7.31. The number of hydrogen-bond acceptors (Lipinski definition) is 6. The summed E-state index contributed by atoms with van der Waals surface area (Å²) in [7, 11) is 0. The average Bonchev–Trinajstić information content (AvgIpc) is 3.56. The molecule has 2 amide bonds. The molecule has 5 rings (SSSR count). The van der Waals surface area contributed by atoms with E-state index in [1.54, 1.807) is 22.0 Å². The number of aliphatic hydroxyl groups is 1. The molecule has 8 nitrogen and oxygen atoms in total. The van der Waals surface area contributed by atoms with Crippen molar-refractivity contribution in [3.63, 3.8) is 0 Å². The lowest BCUT2D eigenvalue weighted by Crippen LogP contribution is -2.56. The van der Waals surface area contributed by atoms with Gasteiger partial charge in [0.05, 0.1) is 18.1 Å². The van der Waals surface area contributed by atoms with Gasteiger partial charge >= 0.3 is 5.97 Å². The molecule has 3 aliphatic heterocycles. The first kappa shape index (κ1) is 30.0. The van der Waals surface area contributed by atoms with E-state index in [2.05, 4.69) is 13.2 Å². The number of rotatable bonds is 14. The molecule has 1 N–H and O–H groups in total. The second-order valence-corrected chi connectivity index (χ2v) is 11.9. The van der Waals surface area contributed by atoms with Crippen molar-refractivity contribution in [1.29, 1.82) is 0 Å². The zero-order valence-electron chi connectivity index (χ0n) is 24.5. The summed E-state index contributed by atoms with van der Waals surface area (Å²) in [6.45, 7) is 10.4. The summed E-state index contributed by atoms with van der Waals surface area (Å²) in [6, 6.07) is 12.9. The van der Waals surface area contributed by atoms with Gasteiger partial charge in [-0.3, -0.25) is 14.4 Å². The quantitative estimate of drug-likeness (QED) is 0.198. The summed E-state index contributed by atoms with van der Waals surface area (Å²) < 4.78 is 12.4. The molecule has 3 heterocycles. The van der Waals surface area contributed by atoms with Gasteiger partial charge < -0.3 is 24.4 Å². The minimum atomic E-state index is -1.12. The Morgan fingerprint density at radius 1 is 1.10 bits per heavy atom. The van der Waals surface area contributed by atoms with Gasteiger partial charge in [-0.15, -0.1) is 13.2 Å². The molecular weight excluding hydrogens is 532 g/mol. The Kier molecular flexibility index (Phi) is 8.85. The van der Waals surface area contributed by atoms with Gasteiger partial charge in [0.25, 0.3) is 5.91 Å². The molecule has 2 bridgehead atoms. The highest BCUT2D eigenvalue weighted by molar-refractivity contribution is 6.05. The molecule has 3 fully saturated rings. The van der Waals surface area contributed by atoms with E-state index in [1.165, 1.54) is 0 Å². The largest absolute Gasteiger partial charge is 0.465 e. The van der Waals surface area contributed by atoms with E-state index in [0.717, 1.165) is 17.2 Å². The van der Waals surface area contributed by atoms with Crippen LogP contribution in [0.1, 0.15) is 51.9 Å². The highest BCUT2D eigenvalue weighted by Gasteiger charge is 2.78. The Labute approximate surface area is 248 Å². The number of esters is 1. The van der Waals surface area contributed by atoms with Gasteiger partial charge in [-0.1, -0.05) is 42.5 Å². The Morgan fingerprint density at radius 3 is 2.62 bits per heavy atom. The first-order valence-electron chi connectivity index (χ1n) is 15.1. The highest BCUT2D eigenvalue weighted by Crippen LogP contribution is 2.63. The maximum atomic E-state index is 14.7. The number of carbonyl (C=O) groups excluding carboxylic acids is 3. The third kappa shape index (κ3) is 5.15. The van der Waals surface area contributed by atoms with E-state index in [1.807, 2.05) is 49.4 Å². The molecule has 8 heteroatoms. The van der Waals surface area contributed by atoms with Crippen LogP contribution < -0.4 is 4.90 Å². The Hall–Kier alpha value is -3.49. The second kappa shape index (κ2) is 12.4. The minimum absolute atomic E-state index is 0.0686. The van der Waals surface area contributed by atoms with Crippen molar-refractivity contribution in [1.82, 2.24) is 4.90 Å². The van der Waals surface area contributed by atoms with Crippen LogP contribution in [-0.4, -0.2) is 71.3 Å². The van der Waals surface area contributed by atoms with Crippen LogP contribution in [-0.2, 0) is 23.9 Å². The first-order valence-corrected chi connectivity index (χ1v) is 15.1. The predicted octanol–water partition coefficient (Wildman–Crippen LogP) is 4.80. The minimum Gasteiger partial charge on any atom is -0.465 e. The number of aliphatic hydroxyl groups excluding tert-OH is 1. The smallest absolute Gasteiger partial charge is 0.312 e. The van der Waals surface area contributed by atoms with Crippen molar-refractivity contribution in [3.8, 4) is 0 Å². The van der Waals surface area contributed by atoms with Gasteiger partial charge in [0, 0.05) is 25.4 Å². The van der Waals surface area contributed by atoms with Crippen LogP contribution in [0.2, 0.25) is 0 Å². The fraction of sp³-hybridized carbons (Fsp3) is 0.500. The monoisotopic (exact) mass is 574 g/mol. The van der Waals surface area contributed by atoms with Crippen LogP contribution >= 0.6 is 0 Å². The summed E-state index contributed by atoms with van der Waals surface area (Å²) in [6.07, 6.45) is 7.86. The number of ether oxygens (including phenoxy) is 2. The number of allylic oxidation sites excluding steroid dienone is 1. The molecule has 2 aromatic carbocycles. The van der Waals surface area contributed by atoms with E-state index in [9.17, 15) is 19.5 Å². The van der Waals surface area contributed by atoms with Gasteiger partial charge in [-0.2, -0.15) is 0 Å². The van der Waals surface area contributed by atoms with Crippen molar-refractivity contribution in [3.05, 3.63) is 67.8 Å². The third-order valence-corrected chi connectivity index (χ3v) is 9.24. The number of fused-ring (bicyclic) bond motifs is 2. The molecule has 42 heavy (non-hydrogen) atoms. The van der Waals surface area contributed by atoms with E-state index in [-0.39, 0.29) is 31.6 Å². The topological polar surface area (TPSA) is 96.4 Å². The molecule has 2 unspecified atom stereocenters. The Bertz CT molecular complexity index is 1360. The van der Waals surface area contributed by atoms with Gasteiger partial charge in [0.1, 0.15) is 17.6 Å². The lowest BCUT2D eigenvalue weighted by molar-refractivity contribution is -0.159. The molecule has 0 radical (unpaired) electrons. The molecule has 2 aromatic rings. The van der Waals surface area contributed by atoms with Crippen molar-refractivity contribution in [2.75, 3.05) is 31.2 Å². The summed E-state index contributed by atoms with van der Waals surface area (Å²) in [5.74, 6) is -2.49. The first-order chi connectivity index (χ1) is 20.3. The second-order valence-electron chi connectivity index (χ2n) is 11.9. The summed E-state index contributed by atoms with van der Waals surface area (Å²) in [4.78, 5) is 45.8. The molecule has 0 aromatic heterocycles. The van der Waals surface area contributed by atoms with E-state index in [4.69, 9.17) is 9.47 Å². The number of anilines is 1. The zero-order valence-corrected chi connectivity index (χ0v) is 24.5. The number of benzene rings is 2. The van der Waals surface area contributed by atoms with E-state index >= 15 is 0 Å². The summed E-state index contributed by atoms with van der Waals surface area (Å²) in [5.41, 5.74) is -1.30. The fourth-order valence-electron chi connectivity index (χ4n) is 7.31. The van der Waals surface area contributed by atoms with Gasteiger partial charge in [0.15, 0.2) is 0 Å². The van der Waals surface area contributed by atoms with Gasteiger partial charge in [-0.25, -0.2) is 0 Å². The van der Waals surface area contributed by atoms with Crippen molar-refractivity contribution in [2.24, 2.45) is 11.8 Å². The van der Waals surface area contributed by atoms with Gasteiger partial charge in [0.2, 0.25) is 5.91 Å². The number of amides is 2. The third-order valence-electron chi connectivity index (χ3n) is 9.24. The molecule has 0 aliphatic carbocycles. The van der Waals surface area contributed by atoms with Crippen LogP contribution in [0, 0.1) is 11.8 Å². The molecule has 5 atom stereocenters. The molecular formula is C34H42N2O6. The van der Waals surface area contributed by atoms with Gasteiger partial charge in [-0.05, 0) is 74.8 Å². The van der Waals surface area contributed by atoms with Crippen molar-refractivity contribution < 1.29 is 29.0 Å². The van der Waals surface area contributed by atoms with Crippen LogP contribution in [0.25, 0.3) is 10.8 Å². The van der Waals surface area contributed by atoms with E-state index in [0.29, 0.717) is 50.8 Å².